The van der Waals surface area contributed by atoms with Gasteiger partial charge in [-0.1, -0.05) is 23.7 Å². The van der Waals surface area contributed by atoms with Crippen LogP contribution in [0.1, 0.15) is 28.3 Å². The predicted molar refractivity (Wildman–Crippen MR) is 123 cm³/mol. The lowest BCUT2D eigenvalue weighted by atomic mass is 9.94. The molecule has 6 nitrogen and oxygen atoms in total. The Morgan fingerprint density at radius 3 is 2.58 bits per heavy atom. The molecule has 1 aliphatic heterocycles. The number of halogens is 2. The number of benzene rings is 2. The highest BCUT2D eigenvalue weighted by atomic mass is 35.5. The fourth-order valence-corrected chi connectivity index (χ4v) is 4.31. The first kappa shape index (κ1) is 22.5. The number of methoxy groups -OCH3 is 1. The van der Waals surface area contributed by atoms with Gasteiger partial charge in [0, 0.05) is 18.1 Å². The Morgan fingerprint density at radius 1 is 1.18 bits per heavy atom. The van der Waals surface area contributed by atoms with Crippen molar-refractivity contribution >= 4 is 34.7 Å². The number of hydrogen-bond acceptors (Lipinski definition) is 5. The molecule has 1 unspecified atom stereocenters. The van der Waals surface area contributed by atoms with Crippen molar-refractivity contribution < 1.29 is 23.8 Å². The maximum absolute atomic E-state index is 13.8. The first-order chi connectivity index (χ1) is 15.7. The van der Waals surface area contributed by atoms with Crippen LogP contribution in [0.15, 0.2) is 60.4 Å². The summed E-state index contributed by atoms with van der Waals surface area (Å²) >= 11 is 5.95. The number of aromatic nitrogens is 1. The summed E-state index contributed by atoms with van der Waals surface area (Å²) in [4.78, 5) is 31.7. The number of aliphatic hydroxyl groups excluding tert-OH is 1. The molecule has 0 radical (unpaired) electrons. The number of rotatable bonds is 4. The van der Waals surface area contributed by atoms with Crippen molar-refractivity contribution in [2.24, 2.45) is 0 Å². The summed E-state index contributed by atoms with van der Waals surface area (Å²) in [6.45, 7) is 3.67. The summed E-state index contributed by atoms with van der Waals surface area (Å²) in [6, 6.07) is 9.64. The number of aryl methyl sites for hydroxylation is 2. The average Bonchev–Trinajstić information content (AvgIpc) is 3.06. The third-order valence-electron chi connectivity index (χ3n) is 5.50. The van der Waals surface area contributed by atoms with Gasteiger partial charge in [0.15, 0.2) is 0 Å². The molecule has 0 bridgehead atoms. The van der Waals surface area contributed by atoms with E-state index >= 15 is 0 Å². The molecular weight excluding hydrogens is 447 g/mol. The number of anilines is 1. The molecule has 2 aromatic carbocycles. The van der Waals surface area contributed by atoms with E-state index in [1.807, 2.05) is 19.9 Å². The summed E-state index contributed by atoms with van der Waals surface area (Å²) in [5.74, 6) is -2.41. The van der Waals surface area contributed by atoms with E-state index in [0.717, 1.165) is 17.2 Å². The Kier molecular flexibility index (Phi) is 5.91. The van der Waals surface area contributed by atoms with Gasteiger partial charge < -0.3 is 9.84 Å². The van der Waals surface area contributed by atoms with Crippen molar-refractivity contribution in [1.82, 2.24) is 4.98 Å². The molecule has 1 N–H and O–H groups in total. The molecule has 1 amide bonds. The topological polar surface area (TPSA) is 79.7 Å². The van der Waals surface area contributed by atoms with E-state index in [-0.39, 0.29) is 22.0 Å². The highest BCUT2D eigenvalue weighted by Crippen LogP contribution is 2.44. The summed E-state index contributed by atoms with van der Waals surface area (Å²) in [6.07, 6.45) is 3.05. The molecule has 33 heavy (non-hydrogen) atoms. The van der Waals surface area contributed by atoms with E-state index in [1.54, 1.807) is 24.4 Å². The van der Waals surface area contributed by atoms with Crippen LogP contribution in [0.5, 0.6) is 5.75 Å². The monoisotopic (exact) mass is 466 g/mol. The smallest absolute Gasteiger partial charge is 0.300 e. The van der Waals surface area contributed by atoms with Gasteiger partial charge in [-0.15, -0.1) is 0 Å². The number of ketones is 1. The maximum Gasteiger partial charge on any atom is 0.300 e. The SMILES string of the molecule is COc1c(C)cc(C)cc1/C(O)=C1\C(=O)C(=O)N(c2ccc(F)c(Cl)c2)C1c1cccnc1. The largest absolute Gasteiger partial charge is 0.507 e. The zero-order chi connectivity index (χ0) is 23.9. The first-order valence-corrected chi connectivity index (χ1v) is 10.4. The van der Waals surface area contributed by atoms with Gasteiger partial charge in [0.2, 0.25) is 0 Å². The Hall–Kier alpha value is -3.71. The van der Waals surface area contributed by atoms with E-state index in [4.69, 9.17) is 16.3 Å². The highest BCUT2D eigenvalue weighted by Gasteiger charge is 2.47. The van der Waals surface area contributed by atoms with E-state index in [2.05, 4.69) is 4.98 Å². The number of hydrogen-bond donors (Lipinski definition) is 1. The molecule has 168 valence electrons. The highest BCUT2D eigenvalue weighted by molar-refractivity contribution is 6.51. The van der Waals surface area contributed by atoms with Crippen molar-refractivity contribution in [2.75, 3.05) is 12.0 Å². The van der Waals surface area contributed by atoms with Crippen LogP contribution in [0.3, 0.4) is 0 Å². The number of pyridine rings is 1. The van der Waals surface area contributed by atoms with Crippen LogP contribution >= 0.6 is 11.6 Å². The van der Waals surface area contributed by atoms with Crippen LogP contribution in [0, 0.1) is 19.7 Å². The molecule has 1 fully saturated rings. The summed E-state index contributed by atoms with van der Waals surface area (Å²) < 4.78 is 19.3. The Labute approximate surface area is 194 Å². The lowest BCUT2D eigenvalue weighted by Gasteiger charge is -2.25. The number of Topliss-reactive ketones (excluding diaryl/α,β-unsaturated/α-hetero) is 1. The molecule has 0 aliphatic carbocycles. The lowest BCUT2D eigenvalue weighted by molar-refractivity contribution is -0.132. The number of ether oxygens (including phenoxy) is 1. The van der Waals surface area contributed by atoms with Gasteiger partial charge in [-0.2, -0.15) is 0 Å². The minimum absolute atomic E-state index is 0.128. The van der Waals surface area contributed by atoms with Crippen molar-refractivity contribution in [1.29, 1.82) is 0 Å². The molecule has 0 spiro atoms. The third-order valence-corrected chi connectivity index (χ3v) is 5.79. The molecule has 4 rings (SSSR count). The third kappa shape index (κ3) is 3.85. The standard InChI is InChI=1S/C25H20ClFN2O4/c1-13-9-14(2)24(33-3)17(10-13)22(30)20-21(15-5-4-8-28-12-15)29(25(32)23(20)31)16-6-7-19(27)18(26)11-16/h4-12,21,30H,1-3H3/b22-20+. The minimum atomic E-state index is -1.01. The molecule has 8 heteroatoms. The van der Waals surface area contributed by atoms with Crippen molar-refractivity contribution in [3.05, 3.63) is 93.5 Å². The van der Waals surface area contributed by atoms with Gasteiger partial charge >= 0.3 is 0 Å². The zero-order valence-electron chi connectivity index (χ0n) is 18.1. The van der Waals surface area contributed by atoms with Crippen LogP contribution < -0.4 is 9.64 Å². The van der Waals surface area contributed by atoms with E-state index in [1.165, 1.54) is 30.3 Å². The summed E-state index contributed by atoms with van der Waals surface area (Å²) in [5, 5.41) is 11.2. The predicted octanol–water partition coefficient (Wildman–Crippen LogP) is 5.13. The number of amides is 1. The Morgan fingerprint density at radius 2 is 1.94 bits per heavy atom. The van der Waals surface area contributed by atoms with E-state index in [9.17, 15) is 19.1 Å². The van der Waals surface area contributed by atoms with Crippen molar-refractivity contribution in [3.8, 4) is 5.75 Å². The molecule has 1 atom stereocenters. The van der Waals surface area contributed by atoms with Gasteiger partial charge in [-0.25, -0.2) is 4.39 Å². The van der Waals surface area contributed by atoms with Gasteiger partial charge in [0.1, 0.15) is 17.3 Å². The first-order valence-electron chi connectivity index (χ1n) is 10.1. The van der Waals surface area contributed by atoms with Gasteiger partial charge in [-0.3, -0.25) is 19.5 Å². The maximum atomic E-state index is 13.8. The average molecular weight is 467 g/mol. The van der Waals surface area contributed by atoms with Crippen LogP contribution in [0.25, 0.3) is 5.76 Å². The number of nitrogens with zero attached hydrogens (tertiary/aromatic N) is 2. The zero-order valence-corrected chi connectivity index (χ0v) is 18.9. The molecule has 1 saturated heterocycles. The molecule has 0 saturated carbocycles. The van der Waals surface area contributed by atoms with Gasteiger partial charge in [0.25, 0.3) is 11.7 Å². The molecule has 1 aromatic heterocycles. The molecule has 1 aliphatic rings. The quantitative estimate of drug-likeness (QED) is 0.328. The Bertz CT molecular complexity index is 1310. The second-order valence-corrected chi connectivity index (χ2v) is 8.12. The number of carbonyl (C=O) groups excluding carboxylic acids is 2. The molecule has 3 aromatic rings. The van der Waals surface area contributed by atoms with Crippen LogP contribution in [0.4, 0.5) is 10.1 Å². The minimum Gasteiger partial charge on any atom is -0.507 e. The second-order valence-electron chi connectivity index (χ2n) is 7.72. The fourth-order valence-electron chi connectivity index (χ4n) is 4.13. The van der Waals surface area contributed by atoms with Crippen LogP contribution in [-0.4, -0.2) is 28.9 Å². The van der Waals surface area contributed by atoms with Gasteiger partial charge in [-0.05, 0) is 60.9 Å². The number of carbonyl (C=O) groups is 2. The van der Waals surface area contributed by atoms with Gasteiger partial charge in [0.05, 0.1) is 29.3 Å². The lowest BCUT2D eigenvalue weighted by Crippen LogP contribution is -2.29. The molecular formula is C25H20ClFN2O4. The Balaban J connectivity index is 2.00. The molecule has 2 heterocycles. The van der Waals surface area contributed by atoms with E-state index < -0.39 is 23.5 Å². The number of aliphatic hydroxyl groups is 1. The van der Waals surface area contributed by atoms with E-state index in [0.29, 0.717) is 16.9 Å². The normalized spacial score (nSPS) is 17.5. The second kappa shape index (κ2) is 8.67. The van der Waals surface area contributed by atoms with Crippen molar-refractivity contribution in [3.63, 3.8) is 0 Å². The summed E-state index contributed by atoms with van der Waals surface area (Å²) in [5.41, 5.74) is 2.46. The van der Waals surface area contributed by atoms with Crippen LogP contribution in [-0.2, 0) is 9.59 Å². The fraction of sp³-hybridized carbons (Fsp3) is 0.160. The van der Waals surface area contributed by atoms with Crippen molar-refractivity contribution in [2.45, 2.75) is 19.9 Å². The van der Waals surface area contributed by atoms with Crippen LogP contribution in [0.2, 0.25) is 5.02 Å². The summed E-state index contributed by atoms with van der Waals surface area (Å²) in [7, 11) is 1.46.